The van der Waals surface area contributed by atoms with Crippen LogP contribution in [0.2, 0.25) is 0 Å². The first-order chi connectivity index (χ1) is 10.5. The van der Waals surface area contributed by atoms with E-state index >= 15 is 0 Å². The second kappa shape index (κ2) is 7.66. The van der Waals surface area contributed by atoms with Crippen molar-refractivity contribution in [1.82, 2.24) is 10.6 Å². The largest absolute Gasteiger partial charge is 0.509 e. The molecule has 1 rings (SSSR count). The summed E-state index contributed by atoms with van der Waals surface area (Å²) >= 11 is 0. The van der Waals surface area contributed by atoms with Gasteiger partial charge in [-0.05, 0) is 11.8 Å². The van der Waals surface area contributed by atoms with Gasteiger partial charge in [0, 0.05) is 24.9 Å². The highest BCUT2D eigenvalue weighted by Crippen LogP contribution is 2.28. The van der Waals surface area contributed by atoms with Crippen LogP contribution in [0.5, 0.6) is 0 Å². The van der Waals surface area contributed by atoms with Crippen LogP contribution in [-0.4, -0.2) is 43.8 Å². The van der Waals surface area contributed by atoms with E-state index in [2.05, 4.69) is 31.4 Å². The van der Waals surface area contributed by atoms with E-state index in [1.807, 2.05) is 0 Å². The van der Waals surface area contributed by atoms with Gasteiger partial charge in [-0.25, -0.2) is 4.79 Å². The highest BCUT2D eigenvalue weighted by molar-refractivity contribution is 5.85. The predicted octanol–water partition coefficient (Wildman–Crippen LogP) is 1.61. The second-order valence-corrected chi connectivity index (χ2v) is 7.73. The Labute approximate surface area is 137 Å². The van der Waals surface area contributed by atoms with Gasteiger partial charge in [-0.15, -0.1) is 0 Å². The molecule has 0 saturated carbocycles. The lowest BCUT2D eigenvalue weighted by atomic mass is 9.86. The van der Waals surface area contributed by atoms with Crippen LogP contribution in [0.25, 0.3) is 0 Å². The van der Waals surface area contributed by atoms with Crippen LogP contribution in [0.4, 0.5) is 4.79 Å². The summed E-state index contributed by atoms with van der Waals surface area (Å²) in [5.41, 5.74) is -0.438. The van der Waals surface area contributed by atoms with Crippen LogP contribution in [0.1, 0.15) is 47.5 Å². The number of cyclic esters (lactones) is 2. The van der Waals surface area contributed by atoms with E-state index < -0.39 is 23.6 Å². The zero-order valence-corrected chi connectivity index (χ0v) is 14.7. The molecule has 7 heteroatoms. The van der Waals surface area contributed by atoms with Crippen LogP contribution < -0.4 is 10.6 Å². The van der Waals surface area contributed by atoms with Crippen molar-refractivity contribution in [2.75, 3.05) is 19.7 Å². The lowest BCUT2D eigenvalue weighted by molar-refractivity contribution is -0.149. The average Bonchev–Trinajstić information content (AvgIpc) is 2.40. The molecule has 1 fully saturated rings. The molecule has 0 aromatic carbocycles. The number of ether oxygens (including phenoxy) is 2. The van der Waals surface area contributed by atoms with Crippen molar-refractivity contribution >= 4 is 18.0 Å². The third-order valence-electron chi connectivity index (χ3n) is 3.57. The molecule has 1 heterocycles. The minimum Gasteiger partial charge on any atom is -0.434 e. The maximum atomic E-state index is 12.1. The number of nitrogens with one attached hydrogen (secondary N) is 2. The minimum atomic E-state index is -0.910. The Hall–Kier alpha value is -1.79. The highest BCUT2D eigenvalue weighted by atomic mass is 16.7. The van der Waals surface area contributed by atoms with Crippen molar-refractivity contribution in [2.24, 2.45) is 10.8 Å². The van der Waals surface area contributed by atoms with Crippen molar-refractivity contribution in [3.63, 3.8) is 0 Å². The van der Waals surface area contributed by atoms with Gasteiger partial charge in [-0.2, -0.15) is 0 Å². The first-order valence-electron chi connectivity index (χ1n) is 7.89. The molecule has 2 N–H and O–H groups in total. The van der Waals surface area contributed by atoms with E-state index in [0.717, 1.165) is 6.42 Å². The molecule has 0 bridgehead atoms. The number of amides is 2. The molecule has 0 spiro atoms. The Morgan fingerprint density at radius 1 is 1.22 bits per heavy atom. The number of hydrogen-bond donors (Lipinski definition) is 2. The van der Waals surface area contributed by atoms with Gasteiger partial charge in [0.2, 0.25) is 5.91 Å². The lowest BCUT2D eigenvalue weighted by Gasteiger charge is -2.35. The second-order valence-electron chi connectivity index (χ2n) is 7.73. The van der Waals surface area contributed by atoms with E-state index in [1.54, 1.807) is 13.8 Å². The number of hydrogen-bond acceptors (Lipinski definition) is 5. The van der Waals surface area contributed by atoms with Gasteiger partial charge in [0.1, 0.15) is 6.61 Å². The smallest absolute Gasteiger partial charge is 0.434 e. The summed E-state index contributed by atoms with van der Waals surface area (Å²) in [4.78, 5) is 35.0. The fourth-order valence-electron chi connectivity index (χ4n) is 2.08. The maximum absolute atomic E-state index is 12.1. The van der Waals surface area contributed by atoms with E-state index in [4.69, 9.17) is 9.47 Å². The SMILES string of the molecule is CC(C)(C)CCNC(=O)CCNC(=O)C1OC(=O)OCC1(C)C. The monoisotopic (exact) mass is 328 g/mol. The first kappa shape index (κ1) is 19.3. The average molecular weight is 328 g/mol. The molecule has 0 aromatic heterocycles. The zero-order chi connectivity index (χ0) is 17.7. The number of carbonyl (C=O) groups is 3. The first-order valence-corrected chi connectivity index (χ1v) is 7.89. The quantitative estimate of drug-likeness (QED) is 0.723. The molecule has 2 amide bonds. The minimum absolute atomic E-state index is 0.113. The normalized spacial score (nSPS) is 20.2. The van der Waals surface area contributed by atoms with Crippen LogP contribution in [0.3, 0.4) is 0 Å². The van der Waals surface area contributed by atoms with Crippen LogP contribution in [-0.2, 0) is 19.1 Å². The van der Waals surface area contributed by atoms with Crippen molar-refractivity contribution in [3.8, 4) is 0 Å². The Balaban J connectivity index is 2.30. The molecule has 0 aromatic rings. The summed E-state index contributed by atoms with van der Waals surface area (Å²) in [5, 5.41) is 5.45. The van der Waals surface area contributed by atoms with Crippen molar-refractivity contribution in [1.29, 1.82) is 0 Å². The van der Waals surface area contributed by atoms with Crippen molar-refractivity contribution in [3.05, 3.63) is 0 Å². The van der Waals surface area contributed by atoms with Crippen LogP contribution >= 0.6 is 0 Å². The molecule has 1 atom stereocenters. The van der Waals surface area contributed by atoms with Gasteiger partial charge in [0.25, 0.3) is 5.91 Å². The van der Waals surface area contributed by atoms with Gasteiger partial charge in [-0.1, -0.05) is 34.6 Å². The zero-order valence-electron chi connectivity index (χ0n) is 14.7. The van der Waals surface area contributed by atoms with Gasteiger partial charge in [-0.3, -0.25) is 9.59 Å². The van der Waals surface area contributed by atoms with Crippen LogP contribution in [0, 0.1) is 10.8 Å². The molecule has 0 radical (unpaired) electrons. The summed E-state index contributed by atoms with van der Waals surface area (Å²) in [5.74, 6) is -0.521. The van der Waals surface area contributed by atoms with E-state index in [-0.39, 0.29) is 30.9 Å². The van der Waals surface area contributed by atoms with Gasteiger partial charge in [0.15, 0.2) is 6.10 Å². The summed E-state index contributed by atoms with van der Waals surface area (Å²) in [7, 11) is 0. The van der Waals surface area contributed by atoms with Crippen molar-refractivity contribution in [2.45, 2.75) is 53.6 Å². The third kappa shape index (κ3) is 6.88. The Morgan fingerprint density at radius 2 is 1.87 bits per heavy atom. The molecule has 7 nitrogen and oxygen atoms in total. The molecular formula is C16H28N2O5. The maximum Gasteiger partial charge on any atom is 0.509 e. The molecular weight excluding hydrogens is 300 g/mol. The predicted molar refractivity (Wildman–Crippen MR) is 84.7 cm³/mol. The molecule has 1 unspecified atom stereocenters. The Morgan fingerprint density at radius 3 is 2.48 bits per heavy atom. The summed E-state index contributed by atoms with van der Waals surface area (Å²) < 4.78 is 9.73. The van der Waals surface area contributed by atoms with Gasteiger partial charge < -0.3 is 20.1 Å². The van der Waals surface area contributed by atoms with Crippen molar-refractivity contribution < 1.29 is 23.9 Å². The summed E-state index contributed by atoms with van der Waals surface area (Å²) in [6, 6.07) is 0. The fraction of sp³-hybridized carbons (Fsp3) is 0.812. The van der Waals surface area contributed by atoms with E-state index in [9.17, 15) is 14.4 Å². The van der Waals surface area contributed by atoms with Crippen LogP contribution in [0.15, 0.2) is 0 Å². The molecule has 1 aliphatic rings. The highest BCUT2D eigenvalue weighted by Gasteiger charge is 2.43. The van der Waals surface area contributed by atoms with Gasteiger partial charge >= 0.3 is 6.16 Å². The van der Waals surface area contributed by atoms with Gasteiger partial charge in [0.05, 0.1) is 0 Å². The molecule has 0 aliphatic carbocycles. The Bertz CT molecular complexity index is 454. The molecule has 1 saturated heterocycles. The third-order valence-corrected chi connectivity index (χ3v) is 3.57. The molecule has 23 heavy (non-hydrogen) atoms. The number of carbonyl (C=O) groups excluding carboxylic acids is 3. The lowest BCUT2D eigenvalue weighted by Crippen LogP contribution is -2.52. The molecule has 1 aliphatic heterocycles. The van der Waals surface area contributed by atoms with E-state index in [1.165, 1.54) is 0 Å². The Kier molecular flexibility index (Phi) is 6.41. The number of rotatable bonds is 6. The molecule has 132 valence electrons. The topological polar surface area (TPSA) is 93.7 Å². The van der Waals surface area contributed by atoms with E-state index in [0.29, 0.717) is 6.54 Å². The standard InChI is InChI=1S/C16H28N2O5/c1-15(2,3)7-9-17-11(19)6-8-18-13(20)12-16(4,5)10-22-14(21)23-12/h12H,6-10H2,1-5H3,(H,17,19)(H,18,20). The summed E-state index contributed by atoms with van der Waals surface area (Å²) in [6.45, 7) is 10.8. The fourth-order valence-corrected chi connectivity index (χ4v) is 2.08. The summed E-state index contributed by atoms with van der Waals surface area (Å²) in [6.07, 6.45) is -0.678.